The number of nitro groups is 1. The van der Waals surface area contributed by atoms with Gasteiger partial charge in [0, 0.05) is 5.56 Å². The molecule has 0 aliphatic heterocycles. The number of rotatable bonds is 4. The summed E-state index contributed by atoms with van der Waals surface area (Å²) in [7, 11) is 0. The van der Waals surface area contributed by atoms with Gasteiger partial charge in [-0.15, -0.1) is 0 Å². The zero-order valence-electron chi connectivity index (χ0n) is 9.45. The van der Waals surface area contributed by atoms with Gasteiger partial charge < -0.3 is 15.4 Å². The van der Waals surface area contributed by atoms with Crippen LogP contribution in [-0.4, -0.2) is 30.8 Å². The number of aryl methyl sites for hydroxylation is 1. The summed E-state index contributed by atoms with van der Waals surface area (Å²) in [4.78, 5) is 21.4. The van der Waals surface area contributed by atoms with E-state index in [1.54, 1.807) is 13.1 Å². The third-order valence-electron chi connectivity index (χ3n) is 2.21. The number of nitrogens with one attached hydrogen (secondary N) is 2. The van der Waals surface area contributed by atoms with Crippen molar-refractivity contribution < 1.29 is 9.72 Å². The average Bonchev–Trinajstić information content (AvgIpc) is 2.89. The summed E-state index contributed by atoms with van der Waals surface area (Å²) in [5.41, 5.74) is 0.801. The van der Waals surface area contributed by atoms with Gasteiger partial charge in [-0.3, -0.25) is 9.89 Å². The molecule has 0 spiro atoms. The standard InChI is InChI=1S/C9H10N6O3/c1-6-4-10-12-9(6)11-8(16)5-14-3-2-7(13-14)15(17)18/h2-4H,5H2,1H3,(H2,10,11,12,16). The number of anilines is 1. The molecule has 0 bridgehead atoms. The molecule has 0 aliphatic carbocycles. The molecule has 2 rings (SSSR count). The third kappa shape index (κ3) is 2.51. The fourth-order valence-corrected chi connectivity index (χ4v) is 1.34. The molecule has 2 aromatic heterocycles. The fourth-order valence-electron chi connectivity index (χ4n) is 1.34. The predicted octanol–water partition coefficient (Wildman–Crippen LogP) is 0.462. The highest BCUT2D eigenvalue weighted by atomic mass is 16.6. The van der Waals surface area contributed by atoms with Crippen molar-refractivity contribution in [3.63, 3.8) is 0 Å². The highest BCUT2D eigenvalue weighted by molar-refractivity contribution is 5.90. The summed E-state index contributed by atoms with van der Waals surface area (Å²) >= 11 is 0. The predicted molar refractivity (Wildman–Crippen MR) is 60.8 cm³/mol. The van der Waals surface area contributed by atoms with Gasteiger partial charge in [0.05, 0.1) is 23.6 Å². The molecular weight excluding hydrogens is 240 g/mol. The SMILES string of the molecule is Cc1cn[nH]c1NC(=O)Cn1ccc([N+](=O)[O-])n1. The molecule has 9 heteroatoms. The van der Waals surface area contributed by atoms with Crippen molar-refractivity contribution in [1.29, 1.82) is 0 Å². The van der Waals surface area contributed by atoms with Crippen molar-refractivity contribution in [3.8, 4) is 0 Å². The molecule has 9 nitrogen and oxygen atoms in total. The minimum Gasteiger partial charge on any atom is -0.358 e. The second-order valence-electron chi connectivity index (χ2n) is 3.60. The van der Waals surface area contributed by atoms with Crippen LogP contribution >= 0.6 is 0 Å². The summed E-state index contributed by atoms with van der Waals surface area (Å²) in [6.07, 6.45) is 2.95. The van der Waals surface area contributed by atoms with Gasteiger partial charge in [0.2, 0.25) is 5.91 Å². The fraction of sp³-hybridized carbons (Fsp3) is 0.222. The van der Waals surface area contributed by atoms with E-state index in [9.17, 15) is 14.9 Å². The minimum atomic E-state index is -0.618. The van der Waals surface area contributed by atoms with Gasteiger partial charge >= 0.3 is 5.82 Å². The lowest BCUT2D eigenvalue weighted by Gasteiger charge is -2.01. The normalized spacial score (nSPS) is 10.3. The minimum absolute atomic E-state index is 0.105. The van der Waals surface area contributed by atoms with Crippen LogP contribution in [0.3, 0.4) is 0 Å². The van der Waals surface area contributed by atoms with E-state index in [2.05, 4.69) is 20.6 Å². The summed E-state index contributed by atoms with van der Waals surface area (Å²) in [6, 6.07) is 1.23. The molecule has 94 valence electrons. The molecule has 18 heavy (non-hydrogen) atoms. The number of aromatic nitrogens is 4. The quantitative estimate of drug-likeness (QED) is 0.603. The Morgan fingerprint density at radius 2 is 2.44 bits per heavy atom. The molecule has 2 N–H and O–H groups in total. The summed E-state index contributed by atoms with van der Waals surface area (Å²) in [6.45, 7) is 1.68. The average molecular weight is 250 g/mol. The van der Waals surface area contributed by atoms with Crippen LogP contribution in [0.5, 0.6) is 0 Å². The van der Waals surface area contributed by atoms with E-state index in [-0.39, 0.29) is 18.3 Å². The Morgan fingerprint density at radius 1 is 1.67 bits per heavy atom. The Kier molecular flexibility index (Phi) is 3.04. The Hall–Kier alpha value is -2.71. The van der Waals surface area contributed by atoms with Crippen molar-refractivity contribution in [2.24, 2.45) is 0 Å². The van der Waals surface area contributed by atoms with E-state index in [0.29, 0.717) is 5.82 Å². The molecule has 2 heterocycles. The number of H-pyrrole nitrogens is 1. The number of hydrogen-bond acceptors (Lipinski definition) is 5. The maximum atomic E-state index is 11.6. The number of amides is 1. The van der Waals surface area contributed by atoms with E-state index in [0.717, 1.165) is 5.56 Å². The molecule has 0 saturated carbocycles. The van der Waals surface area contributed by atoms with Crippen molar-refractivity contribution in [3.05, 3.63) is 34.1 Å². The van der Waals surface area contributed by atoms with Crippen LogP contribution < -0.4 is 5.32 Å². The second kappa shape index (κ2) is 4.65. The number of aromatic amines is 1. The maximum absolute atomic E-state index is 11.6. The van der Waals surface area contributed by atoms with Crippen LogP contribution in [0.15, 0.2) is 18.5 Å². The van der Waals surface area contributed by atoms with E-state index in [1.165, 1.54) is 16.9 Å². The van der Waals surface area contributed by atoms with Crippen LogP contribution in [0.2, 0.25) is 0 Å². The third-order valence-corrected chi connectivity index (χ3v) is 2.21. The first-order chi connectivity index (χ1) is 8.56. The molecular formula is C9H10N6O3. The van der Waals surface area contributed by atoms with Gasteiger partial charge in [-0.1, -0.05) is 0 Å². The lowest BCUT2D eigenvalue weighted by molar-refractivity contribution is -0.389. The molecule has 0 radical (unpaired) electrons. The van der Waals surface area contributed by atoms with E-state index < -0.39 is 4.92 Å². The Balaban J connectivity index is 1.99. The summed E-state index contributed by atoms with van der Waals surface area (Å²) < 4.78 is 1.19. The monoisotopic (exact) mass is 250 g/mol. The molecule has 0 atom stereocenters. The van der Waals surface area contributed by atoms with Crippen LogP contribution in [-0.2, 0) is 11.3 Å². The smallest absolute Gasteiger partial charge is 0.358 e. The van der Waals surface area contributed by atoms with Gasteiger partial charge in [-0.05, 0) is 11.8 Å². The van der Waals surface area contributed by atoms with Crippen LogP contribution in [0.25, 0.3) is 0 Å². The highest BCUT2D eigenvalue weighted by Gasteiger charge is 2.14. The maximum Gasteiger partial charge on any atom is 0.389 e. The molecule has 0 saturated heterocycles. The van der Waals surface area contributed by atoms with Gasteiger partial charge in [-0.25, -0.2) is 0 Å². The number of carbonyl (C=O) groups excluding carboxylic acids is 1. The van der Waals surface area contributed by atoms with Crippen LogP contribution in [0.1, 0.15) is 5.56 Å². The van der Waals surface area contributed by atoms with Crippen molar-refractivity contribution >= 4 is 17.5 Å². The molecule has 2 aromatic rings. The van der Waals surface area contributed by atoms with E-state index >= 15 is 0 Å². The molecule has 0 aliphatic rings. The molecule has 0 aromatic carbocycles. The van der Waals surface area contributed by atoms with Crippen molar-refractivity contribution in [1.82, 2.24) is 20.0 Å². The van der Waals surface area contributed by atoms with Gasteiger partial charge in [0.1, 0.15) is 12.4 Å². The Bertz CT molecular complexity index is 587. The van der Waals surface area contributed by atoms with Gasteiger partial charge in [0.15, 0.2) is 0 Å². The summed E-state index contributed by atoms with van der Waals surface area (Å²) in [5.74, 6) is -0.137. The first-order valence-electron chi connectivity index (χ1n) is 5.04. The molecule has 0 fully saturated rings. The molecule has 1 amide bonds. The summed E-state index contributed by atoms with van der Waals surface area (Å²) in [5, 5.41) is 23.0. The van der Waals surface area contributed by atoms with E-state index in [1.807, 2.05) is 0 Å². The number of nitrogens with zero attached hydrogens (tertiary/aromatic N) is 4. The lowest BCUT2D eigenvalue weighted by Crippen LogP contribution is -2.19. The van der Waals surface area contributed by atoms with Crippen molar-refractivity contribution in [2.45, 2.75) is 13.5 Å². The highest BCUT2D eigenvalue weighted by Crippen LogP contribution is 2.09. The number of carbonyl (C=O) groups is 1. The van der Waals surface area contributed by atoms with E-state index in [4.69, 9.17) is 0 Å². The number of hydrogen-bond donors (Lipinski definition) is 2. The first kappa shape index (κ1) is 11.8. The molecule has 0 unspecified atom stereocenters. The topological polar surface area (TPSA) is 119 Å². The Morgan fingerprint density at radius 3 is 3.00 bits per heavy atom. The second-order valence-corrected chi connectivity index (χ2v) is 3.60. The zero-order chi connectivity index (χ0) is 13.1. The first-order valence-corrected chi connectivity index (χ1v) is 5.04. The van der Waals surface area contributed by atoms with Crippen LogP contribution in [0, 0.1) is 17.0 Å². The van der Waals surface area contributed by atoms with Crippen LogP contribution in [0.4, 0.5) is 11.6 Å². The largest absolute Gasteiger partial charge is 0.389 e. The van der Waals surface area contributed by atoms with Crippen molar-refractivity contribution in [2.75, 3.05) is 5.32 Å². The van der Waals surface area contributed by atoms with Gasteiger partial charge in [0.25, 0.3) is 0 Å². The van der Waals surface area contributed by atoms with Gasteiger partial charge in [-0.2, -0.15) is 9.78 Å². The zero-order valence-corrected chi connectivity index (χ0v) is 9.45. The lowest BCUT2D eigenvalue weighted by atomic mass is 10.4. The Labute approximate surface area is 101 Å².